The third-order valence-corrected chi connectivity index (χ3v) is 4.70. The molecule has 9 heteroatoms. The van der Waals surface area contributed by atoms with Gasteiger partial charge in [0.2, 0.25) is 5.91 Å². The van der Waals surface area contributed by atoms with Crippen LogP contribution in [-0.4, -0.2) is 34.9 Å². The summed E-state index contributed by atoms with van der Waals surface area (Å²) >= 11 is 11.2. The van der Waals surface area contributed by atoms with E-state index in [0.717, 1.165) is 11.1 Å². The molecular formula is C19H19ClN4O3S. The number of amides is 1. The minimum absolute atomic E-state index is 0.0335. The van der Waals surface area contributed by atoms with Crippen LogP contribution in [0.25, 0.3) is 11.4 Å². The Labute approximate surface area is 172 Å². The lowest BCUT2D eigenvalue weighted by atomic mass is 10.2. The number of carbonyl (C=O) groups is 1. The zero-order valence-corrected chi connectivity index (χ0v) is 16.9. The summed E-state index contributed by atoms with van der Waals surface area (Å²) in [5.41, 5.74) is 1.65. The Morgan fingerprint density at radius 1 is 1.21 bits per heavy atom. The predicted octanol–water partition coefficient (Wildman–Crippen LogP) is 3.59. The largest absolute Gasteiger partial charge is 0.497 e. The second-order valence-corrected chi connectivity index (χ2v) is 6.72. The molecule has 1 aromatic heterocycles. The number of nitrogens with one attached hydrogen (secondary N) is 2. The van der Waals surface area contributed by atoms with Crippen LogP contribution in [0.5, 0.6) is 11.5 Å². The molecule has 0 radical (unpaired) electrons. The van der Waals surface area contributed by atoms with E-state index in [4.69, 9.17) is 33.3 Å². The number of aromatic amines is 1. The van der Waals surface area contributed by atoms with Gasteiger partial charge in [0.25, 0.3) is 0 Å². The number of rotatable bonds is 7. The number of halogens is 1. The van der Waals surface area contributed by atoms with E-state index in [-0.39, 0.29) is 12.5 Å². The molecule has 0 aliphatic rings. The third-order valence-electron chi connectivity index (χ3n) is 4.13. The number of ether oxygens (including phenoxy) is 2. The molecular weight excluding hydrogens is 400 g/mol. The molecule has 3 rings (SSSR count). The monoisotopic (exact) mass is 418 g/mol. The number of hydrogen-bond acceptors (Lipinski definition) is 5. The molecule has 2 N–H and O–H groups in total. The molecule has 0 fully saturated rings. The van der Waals surface area contributed by atoms with Crippen molar-refractivity contribution in [2.24, 2.45) is 0 Å². The van der Waals surface area contributed by atoms with Crippen molar-refractivity contribution in [1.82, 2.24) is 20.1 Å². The SMILES string of the molecule is COc1ccc(CNC(=O)Cn2c(-c3ccc(Cl)cc3)n[nH]c2=S)c(OC)c1. The van der Waals surface area contributed by atoms with Crippen LogP contribution < -0.4 is 14.8 Å². The molecule has 3 aromatic rings. The highest BCUT2D eigenvalue weighted by molar-refractivity contribution is 7.71. The molecule has 0 saturated carbocycles. The molecule has 0 aliphatic heterocycles. The highest BCUT2D eigenvalue weighted by Gasteiger charge is 2.13. The molecule has 0 bridgehead atoms. The van der Waals surface area contributed by atoms with E-state index >= 15 is 0 Å². The van der Waals surface area contributed by atoms with Crippen molar-refractivity contribution in [3.8, 4) is 22.9 Å². The van der Waals surface area contributed by atoms with Crippen molar-refractivity contribution in [3.63, 3.8) is 0 Å². The van der Waals surface area contributed by atoms with Crippen LogP contribution >= 0.6 is 23.8 Å². The lowest BCUT2D eigenvalue weighted by Crippen LogP contribution is -2.27. The minimum atomic E-state index is -0.203. The minimum Gasteiger partial charge on any atom is -0.497 e. The molecule has 0 unspecified atom stereocenters. The molecule has 0 atom stereocenters. The normalized spacial score (nSPS) is 10.5. The van der Waals surface area contributed by atoms with Crippen molar-refractivity contribution in [2.75, 3.05) is 14.2 Å². The first-order valence-electron chi connectivity index (χ1n) is 8.40. The average Bonchev–Trinajstić information content (AvgIpc) is 3.07. The number of nitrogens with zero attached hydrogens (tertiary/aromatic N) is 2. The van der Waals surface area contributed by atoms with E-state index in [1.807, 2.05) is 24.3 Å². The first-order chi connectivity index (χ1) is 13.5. The van der Waals surface area contributed by atoms with Crippen LogP contribution in [0, 0.1) is 4.77 Å². The molecule has 1 amide bonds. The quantitative estimate of drug-likeness (QED) is 0.573. The van der Waals surface area contributed by atoms with Gasteiger partial charge in [-0.1, -0.05) is 11.6 Å². The molecule has 7 nitrogen and oxygen atoms in total. The van der Waals surface area contributed by atoms with Crippen LogP contribution in [0.4, 0.5) is 0 Å². The van der Waals surface area contributed by atoms with Crippen molar-refractivity contribution in [2.45, 2.75) is 13.1 Å². The van der Waals surface area contributed by atoms with Gasteiger partial charge in [0.1, 0.15) is 18.0 Å². The summed E-state index contributed by atoms with van der Waals surface area (Å²) in [6, 6.07) is 12.6. The summed E-state index contributed by atoms with van der Waals surface area (Å²) < 4.78 is 12.5. The molecule has 0 spiro atoms. The van der Waals surface area contributed by atoms with E-state index in [1.54, 1.807) is 37.0 Å². The standard InChI is InChI=1S/C19H19ClN4O3S/c1-26-15-8-5-13(16(9-15)27-2)10-21-17(25)11-24-18(22-23-19(24)28)12-3-6-14(20)7-4-12/h3-9H,10-11H2,1-2H3,(H,21,25)(H,23,28). The van der Waals surface area contributed by atoms with E-state index < -0.39 is 0 Å². The Kier molecular flexibility index (Phi) is 6.33. The molecule has 0 saturated heterocycles. The van der Waals surface area contributed by atoms with Crippen LogP contribution in [0.1, 0.15) is 5.56 Å². The summed E-state index contributed by atoms with van der Waals surface area (Å²) in [5.74, 6) is 1.69. The van der Waals surface area contributed by atoms with Gasteiger partial charge in [-0.15, -0.1) is 0 Å². The lowest BCUT2D eigenvalue weighted by Gasteiger charge is -2.12. The van der Waals surface area contributed by atoms with Crippen molar-refractivity contribution in [3.05, 3.63) is 57.8 Å². The van der Waals surface area contributed by atoms with E-state index in [9.17, 15) is 4.79 Å². The maximum atomic E-state index is 12.5. The zero-order valence-electron chi connectivity index (χ0n) is 15.4. The van der Waals surface area contributed by atoms with Crippen molar-refractivity contribution >= 4 is 29.7 Å². The first-order valence-corrected chi connectivity index (χ1v) is 9.19. The van der Waals surface area contributed by atoms with Gasteiger partial charge in [-0.25, -0.2) is 0 Å². The summed E-state index contributed by atoms with van der Waals surface area (Å²) in [6.45, 7) is 0.346. The Balaban J connectivity index is 1.72. The van der Waals surface area contributed by atoms with Crippen LogP contribution in [0.3, 0.4) is 0 Å². The number of H-pyrrole nitrogens is 1. The van der Waals surface area contributed by atoms with E-state index in [1.165, 1.54) is 0 Å². The second-order valence-electron chi connectivity index (χ2n) is 5.90. The Morgan fingerprint density at radius 3 is 2.64 bits per heavy atom. The smallest absolute Gasteiger partial charge is 0.240 e. The van der Waals surface area contributed by atoms with Gasteiger partial charge in [-0.05, 0) is 48.6 Å². The third kappa shape index (κ3) is 4.52. The number of benzene rings is 2. The number of carbonyl (C=O) groups excluding carboxylic acids is 1. The topological polar surface area (TPSA) is 81.2 Å². The second kappa shape index (κ2) is 8.90. The van der Waals surface area contributed by atoms with Gasteiger partial charge in [0, 0.05) is 28.8 Å². The molecule has 1 heterocycles. The fourth-order valence-corrected chi connectivity index (χ4v) is 3.00. The number of aromatic nitrogens is 3. The van der Waals surface area contributed by atoms with Crippen LogP contribution in [0.15, 0.2) is 42.5 Å². The lowest BCUT2D eigenvalue weighted by molar-refractivity contribution is -0.121. The maximum Gasteiger partial charge on any atom is 0.240 e. The molecule has 2 aromatic carbocycles. The van der Waals surface area contributed by atoms with E-state index in [0.29, 0.717) is 33.7 Å². The van der Waals surface area contributed by atoms with Gasteiger partial charge >= 0.3 is 0 Å². The molecule has 146 valence electrons. The van der Waals surface area contributed by atoms with Gasteiger partial charge in [-0.2, -0.15) is 5.10 Å². The highest BCUT2D eigenvalue weighted by Crippen LogP contribution is 2.24. The summed E-state index contributed by atoms with van der Waals surface area (Å²) in [7, 11) is 3.16. The Morgan fingerprint density at radius 2 is 1.96 bits per heavy atom. The maximum absolute atomic E-state index is 12.5. The first kappa shape index (κ1) is 19.9. The fourth-order valence-electron chi connectivity index (χ4n) is 2.67. The number of hydrogen-bond donors (Lipinski definition) is 2. The Hall–Kier alpha value is -2.84. The fraction of sp³-hybridized carbons (Fsp3) is 0.211. The summed E-state index contributed by atoms with van der Waals surface area (Å²) in [4.78, 5) is 12.5. The van der Waals surface area contributed by atoms with Crippen molar-refractivity contribution in [1.29, 1.82) is 0 Å². The number of methoxy groups -OCH3 is 2. The van der Waals surface area contributed by atoms with Gasteiger partial charge < -0.3 is 14.8 Å². The van der Waals surface area contributed by atoms with Gasteiger partial charge in [0.05, 0.1) is 14.2 Å². The van der Waals surface area contributed by atoms with Crippen LogP contribution in [-0.2, 0) is 17.9 Å². The zero-order chi connectivity index (χ0) is 20.1. The highest BCUT2D eigenvalue weighted by atomic mass is 35.5. The molecule has 0 aliphatic carbocycles. The summed E-state index contributed by atoms with van der Waals surface area (Å²) in [5, 5.41) is 10.4. The predicted molar refractivity (Wildman–Crippen MR) is 109 cm³/mol. The molecule has 28 heavy (non-hydrogen) atoms. The average molecular weight is 419 g/mol. The Bertz CT molecular complexity index is 1030. The van der Waals surface area contributed by atoms with E-state index in [2.05, 4.69) is 15.5 Å². The van der Waals surface area contributed by atoms with Crippen molar-refractivity contribution < 1.29 is 14.3 Å². The summed E-state index contributed by atoms with van der Waals surface area (Å²) in [6.07, 6.45) is 0. The van der Waals surface area contributed by atoms with Crippen LogP contribution in [0.2, 0.25) is 5.02 Å². The van der Waals surface area contributed by atoms with Gasteiger partial charge in [0.15, 0.2) is 10.6 Å². The van der Waals surface area contributed by atoms with Gasteiger partial charge in [-0.3, -0.25) is 14.5 Å².